The summed E-state index contributed by atoms with van der Waals surface area (Å²) in [6, 6.07) is 7.03. The number of likely N-dealkylation sites (N-methyl/N-ethyl adjacent to an activating group) is 1. The maximum atomic E-state index is 12.4. The second-order valence-electron chi connectivity index (χ2n) is 5.42. The smallest absolute Gasteiger partial charge is 0.228 e. The number of carbonyl (C=O) groups excluding carboxylic acids is 2. The minimum Gasteiger partial charge on any atom is -0.341 e. The number of anilines is 1. The molecule has 21 heavy (non-hydrogen) atoms. The van der Waals surface area contributed by atoms with Gasteiger partial charge in [0.05, 0.1) is 5.92 Å². The lowest BCUT2D eigenvalue weighted by molar-refractivity contribution is -0.136. The third kappa shape index (κ3) is 3.36. The van der Waals surface area contributed by atoms with E-state index in [9.17, 15) is 9.59 Å². The maximum absolute atomic E-state index is 12.4. The van der Waals surface area contributed by atoms with Gasteiger partial charge in [-0.15, -0.1) is 0 Å². The number of amides is 2. The van der Waals surface area contributed by atoms with Crippen LogP contribution in [0.1, 0.15) is 13.3 Å². The molecule has 2 rings (SSSR count). The highest BCUT2D eigenvalue weighted by Gasteiger charge is 2.37. The SMILES string of the molecule is CC(CN)N(C)C(=O)C1CC(=O)N(c2ccc(Cl)cc2)C1. The molecule has 2 N–H and O–H groups in total. The van der Waals surface area contributed by atoms with Crippen LogP contribution in [0.15, 0.2) is 24.3 Å². The van der Waals surface area contributed by atoms with E-state index in [0.29, 0.717) is 18.1 Å². The first-order valence-corrected chi connectivity index (χ1v) is 7.34. The highest BCUT2D eigenvalue weighted by molar-refractivity contribution is 6.30. The summed E-state index contributed by atoms with van der Waals surface area (Å²) in [6.45, 7) is 2.70. The maximum Gasteiger partial charge on any atom is 0.228 e. The van der Waals surface area contributed by atoms with Gasteiger partial charge in [-0.2, -0.15) is 0 Å². The summed E-state index contributed by atoms with van der Waals surface area (Å²) >= 11 is 5.85. The Bertz CT molecular complexity index is 532. The summed E-state index contributed by atoms with van der Waals surface area (Å²) in [5.74, 6) is -0.380. The molecule has 1 heterocycles. The zero-order chi connectivity index (χ0) is 15.6. The van der Waals surface area contributed by atoms with Crippen LogP contribution in [0.2, 0.25) is 5.02 Å². The molecule has 0 saturated carbocycles. The number of benzene rings is 1. The lowest BCUT2D eigenvalue weighted by atomic mass is 10.1. The third-order valence-corrected chi connectivity index (χ3v) is 4.21. The van der Waals surface area contributed by atoms with E-state index >= 15 is 0 Å². The fourth-order valence-electron chi connectivity index (χ4n) is 2.41. The Hall–Kier alpha value is -1.59. The Morgan fingerprint density at radius 3 is 2.67 bits per heavy atom. The van der Waals surface area contributed by atoms with E-state index in [2.05, 4.69) is 0 Å². The Labute approximate surface area is 129 Å². The number of hydrogen-bond donors (Lipinski definition) is 1. The van der Waals surface area contributed by atoms with Crippen molar-refractivity contribution in [2.75, 3.05) is 25.0 Å². The molecule has 1 aromatic rings. The Morgan fingerprint density at radius 1 is 1.48 bits per heavy atom. The van der Waals surface area contributed by atoms with Gasteiger partial charge < -0.3 is 15.5 Å². The molecular formula is C15H20ClN3O2. The molecule has 2 unspecified atom stereocenters. The third-order valence-electron chi connectivity index (χ3n) is 3.96. The minimum atomic E-state index is -0.313. The highest BCUT2D eigenvalue weighted by Crippen LogP contribution is 2.27. The highest BCUT2D eigenvalue weighted by atomic mass is 35.5. The van der Waals surface area contributed by atoms with Crippen LogP contribution < -0.4 is 10.6 Å². The first kappa shape index (κ1) is 15.8. The number of hydrogen-bond acceptors (Lipinski definition) is 3. The van der Waals surface area contributed by atoms with Gasteiger partial charge in [0.1, 0.15) is 0 Å². The van der Waals surface area contributed by atoms with Crippen molar-refractivity contribution in [2.24, 2.45) is 11.7 Å². The van der Waals surface area contributed by atoms with Gasteiger partial charge in [-0.25, -0.2) is 0 Å². The van der Waals surface area contributed by atoms with Gasteiger partial charge in [-0.05, 0) is 31.2 Å². The molecule has 114 valence electrons. The van der Waals surface area contributed by atoms with Crippen LogP contribution in [0.25, 0.3) is 0 Å². The number of nitrogens with zero attached hydrogens (tertiary/aromatic N) is 2. The van der Waals surface area contributed by atoms with Gasteiger partial charge in [0.25, 0.3) is 0 Å². The van der Waals surface area contributed by atoms with E-state index in [-0.39, 0.29) is 30.2 Å². The van der Waals surface area contributed by atoms with E-state index in [1.54, 1.807) is 41.1 Å². The Morgan fingerprint density at radius 2 is 2.10 bits per heavy atom. The molecule has 5 nitrogen and oxygen atoms in total. The van der Waals surface area contributed by atoms with Gasteiger partial charge in [0.2, 0.25) is 11.8 Å². The molecule has 1 aromatic carbocycles. The van der Waals surface area contributed by atoms with Crippen molar-refractivity contribution >= 4 is 29.1 Å². The van der Waals surface area contributed by atoms with Gasteiger partial charge in [0.15, 0.2) is 0 Å². The monoisotopic (exact) mass is 309 g/mol. The van der Waals surface area contributed by atoms with Crippen molar-refractivity contribution in [3.63, 3.8) is 0 Å². The van der Waals surface area contributed by atoms with Crippen LogP contribution in [0, 0.1) is 5.92 Å². The van der Waals surface area contributed by atoms with Crippen LogP contribution in [-0.2, 0) is 9.59 Å². The predicted molar refractivity (Wildman–Crippen MR) is 83.2 cm³/mol. The molecule has 0 spiro atoms. The van der Waals surface area contributed by atoms with Crippen LogP contribution in [0.5, 0.6) is 0 Å². The fraction of sp³-hybridized carbons (Fsp3) is 0.467. The summed E-state index contributed by atoms with van der Waals surface area (Å²) in [5, 5.41) is 0.620. The summed E-state index contributed by atoms with van der Waals surface area (Å²) in [6.07, 6.45) is 0.239. The molecule has 0 aliphatic carbocycles. The number of rotatable bonds is 4. The van der Waals surface area contributed by atoms with E-state index < -0.39 is 0 Å². The minimum absolute atomic E-state index is 0.0298. The van der Waals surface area contributed by atoms with Crippen LogP contribution >= 0.6 is 11.6 Å². The Kier molecular flexibility index (Phi) is 4.85. The molecule has 0 bridgehead atoms. The van der Waals surface area contributed by atoms with E-state index in [0.717, 1.165) is 5.69 Å². The van der Waals surface area contributed by atoms with E-state index in [4.69, 9.17) is 17.3 Å². The zero-order valence-corrected chi connectivity index (χ0v) is 13.0. The zero-order valence-electron chi connectivity index (χ0n) is 12.3. The van der Waals surface area contributed by atoms with Crippen molar-refractivity contribution < 1.29 is 9.59 Å². The largest absolute Gasteiger partial charge is 0.341 e. The van der Waals surface area contributed by atoms with Crippen molar-refractivity contribution in [1.29, 1.82) is 0 Å². The van der Waals surface area contributed by atoms with Gasteiger partial charge >= 0.3 is 0 Å². The molecule has 0 radical (unpaired) electrons. The van der Waals surface area contributed by atoms with Crippen LogP contribution in [0.3, 0.4) is 0 Å². The van der Waals surface area contributed by atoms with Gasteiger partial charge in [0, 0.05) is 43.3 Å². The standard InChI is InChI=1S/C15H20ClN3O2/c1-10(8-17)18(2)15(21)11-7-14(20)19(9-11)13-5-3-12(16)4-6-13/h3-6,10-11H,7-9,17H2,1-2H3. The molecule has 2 amide bonds. The van der Waals surface area contributed by atoms with Crippen molar-refractivity contribution in [3.8, 4) is 0 Å². The quantitative estimate of drug-likeness (QED) is 0.916. The molecule has 1 aliphatic heterocycles. The summed E-state index contributed by atoms with van der Waals surface area (Å²) in [5.41, 5.74) is 6.36. The summed E-state index contributed by atoms with van der Waals surface area (Å²) in [7, 11) is 1.73. The molecule has 1 saturated heterocycles. The van der Waals surface area contributed by atoms with Crippen molar-refractivity contribution in [1.82, 2.24) is 4.90 Å². The predicted octanol–water partition coefficient (Wildman–Crippen LogP) is 1.50. The number of halogens is 1. The summed E-state index contributed by atoms with van der Waals surface area (Å²) < 4.78 is 0. The van der Waals surface area contributed by atoms with E-state index in [1.807, 2.05) is 6.92 Å². The Balaban J connectivity index is 2.09. The van der Waals surface area contributed by atoms with Crippen molar-refractivity contribution in [2.45, 2.75) is 19.4 Å². The lowest BCUT2D eigenvalue weighted by Gasteiger charge is -2.26. The molecule has 1 fully saturated rings. The molecule has 1 aliphatic rings. The second-order valence-corrected chi connectivity index (χ2v) is 5.85. The lowest BCUT2D eigenvalue weighted by Crippen LogP contribution is -2.43. The molecule has 0 aromatic heterocycles. The number of nitrogens with two attached hydrogens (primary N) is 1. The van der Waals surface area contributed by atoms with Gasteiger partial charge in [-0.3, -0.25) is 9.59 Å². The topological polar surface area (TPSA) is 66.6 Å². The first-order valence-electron chi connectivity index (χ1n) is 6.96. The van der Waals surface area contributed by atoms with Crippen molar-refractivity contribution in [3.05, 3.63) is 29.3 Å². The molecular weight excluding hydrogens is 290 g/mol. The number of carbonyl (C=O) groups is 2. The van der Waals surface area contributed by atoms with Gasteiger partial charge in [-0.1, -0.05) is 11.6 Å². The average Bonchev–Trinajstić information content (AvgIpc) is 2.87. The molecule has 6 heteroatoms. The average molecular weight is 310 g/mol. The fourth-order valence-corrected chi connectivity index (χ4v) is 2.53. The van der Waals surface area contributed by atoms with E-state index in [1.165, 1.54) is 0 Å². The summed E-state index contributed by atoms with van der Waals surface area (Å²) in [4.78, 5) is 27.8. The van der Waals surface area contributed by atoms with Crippen LogP contribution in [-0.4, -0.2) is 42.9 Å². The second kappa shape index (κ2) is 6.45. The first-order chi connectivity index (χ1) is 9.93. The van der Waals surface area contributed by atoms with Crippen LogP contribution in [0.4, 0.5) is 5.69 Å². The molecule has 2 atom stereocenters. The normalized spacial score (nSPS) is 19.7.